The molecule has 2 aromatic rings. The molecule has 2 aromatic carbocycles. The van der Waals surface area contributed by atoms with Crippen molar-refractivity contribution in [3.8, 4) is 0 Å². The molecular weight excluding hydrogens is 286 g/mol. The number of hydrogen-bond acceptors (Lipinski definition) is 2. The summed E-state index contributed by atoms with van der Waals surface area (Å²) in [5, 5.41) is 10.9. The molecule has 0 aromatic heterocycles. The highest BCUT2D eigenvalue weighted by atomic mass is 16.6. The second-order valence-electron chi connectivity index (χ2n) is 6.55. The van der Waals surface area contributed by atoms with Crippen molar-refractivity contribution in [1.29, 1.82) is 0 Å². The lowest BCUT2D eigenvalue weighted by Gasteiger charge is -2.27. The minimum absolute atomic E-state index is 0.165. The molecule has 3 heteroatoms. The zero-order chi connectivity index (χ0) is 16.1. The predicted octanol–water partition coefficient (Wildman–Crippen LogP) is 5.70. The lowest BCUT2D eigenvalue weighted by Crippen LogP contribution is -2.12. The first kappa shape index (κ1) is 15.7. The van der Waals surface area contributed by atoms with E-state index in [-0.39, 0.29) is 10.6 Å². The Labute approximate surface area is 137 Å². The van der Waals surface area contributed by atoms with Crippen LogP contribution in [0.15, 0.2) is 54.6 Å². The Morgan fingerprint density at radius 2 is 1.52 bits per heavy atom. The lowest BCUT2D eigenvalue weighted by atomic mass is 9.78. The molecule has 1 unspecified atom stereocenters. The van der Waals surface area contributed by atoms with Crippen molar-refractivity contribution < 1.29 is 4.92 Å². The van der Waals surface area contributed by atoms with Crippen LogP contribution in [-0.2, 0) is 0 Å². The van der Waals surface area contributed by atoms with Crippen molar-refractivity contribution in [2.75, 3.05) is 0 Å². The monoisotopic (exact) mass is 309 g/mol. The van der Waals surface area contributed by atoms with Crippen LogP contribution in [0.5, 0.6) is 0 Å². The summed E-state index contributed by atoms with van der Waals surface area (Å²) in [5.74, 6) is 1.10. The van der Waals surface area contributed by atoms with Gasteiger partial charge in [0, 0.05) is 18.1 Å². The van der Waals surface area contributed by atoms with Crippen molar-refractivity contribution in [3.63, 3.8) is 0 Å². The molecule has 1 aliphatic carbocycles. The molecule has 0 amide bonds. The molecule has 0 heterocycles. The molecule has 1 saturated carbocycles. The normalized spacial score (nSPS) is 16.9. The number of hydrogen-bond donors (Lipinski definition) is 0. The predicted molar refractivity (Wildman–Crippen MR) is 92.6 cm³/mol. The van der Waals surface area contributed by atoms with Gasteiger partial charge in [0.2, 0.25) is 0 Å². The largest absolute Gasteiger partial charge is 0.269 e. The van der Waals surface area contributed by atoms with Crippen LogP contribution in [0.3, 0.4) is 0 Å². The Bertz CT molecular complexity index is 630. The summed E-state index contributed by atoms with van der Waals surface area (Å²) in [4.78, 5) is 10.5. The SMILES string of the molecule is O=[N+]([O-])c1ccc(C(CC2CCCCC2)c2ccccc2)cc1. The molecule has 3 nitrogen and oxygen atoms in total. The van der Waals surface area contributed by atoms with Crippen LogP contribution in [0, 0.1) is 16.0 Å². The maximum absolute atomic E-state index is 10.9. The van der Waals surface area contributed by atoms with E-state index in [9.17, 15) is 10.1 Å². The number of nitro benzene ring substituents is 1. The molecule has 0 bridgehead atoms. The van der Waals surface area contributed by atoms with E-state index in [1.165, 1.54) is 43.2 Å². The minimum Gasteiger partial charge on any atom is -0.258 e. The molecule has 23 heavy (non-hydrogen) atoms. The van der Waals surface area contributed by atoms with Gasteiger partial charge in [-0.25, -0.2) is 0 Å². The van der Waals surface area contributed by atoms with Crippen LogP contribution in [-0.4, -0.2) is 4.92 Å². The number of nitro groups is 1. The van der Waals surface area contributed by atoms with Gasteiger partial charge >= 0.3 is 0 Å². The molecule has 120 valence electrons. The molecule has 3 rings (SSSR count). The van der Waals surface area contributed by atoms with E-state index in [0.29, 0.717) is 5.92 Å². The molecule has 0 spiro atoms. The molecule has 1 aliphatic rings. The maximum Gasteiger partial charge on any atom is 0.269 e. The first-order valence-electron chi connectivity index (χ1n) is 8.53. The van der Waals surface area contributed by atoms with E-state index in [1.807, 2.05) is 18.2 Å². The summed E-state index contributed by atoms with van der Waals surface area (Å²) < 4.78 is 0. The van der Waals surface area contributed by atoms with Gasteiger partial charge in [-0.2, -0.15) is 0 Å². The van der Waals surface area contributed by atoms with Gasteiger partial charge in [0.1, 0.15) is 0 Å². The maximum atomic E-state index is 10.9. The Kier molecular flexibility index (Phi) is 5.06. The van der Waals surface area contributed by atoms with Crippen LogP contribution in [0.1, 0.15) is 55.6 Å². The number of benzene rings is 2. The van der Waals surface area contributed by atoms with Crippen LogP contribution < -0.4 is 0 Å². The van der Waals surface area contributed by atoms with E-state index >= 15 is 0 Å². The Hall–Kier alpha value is -2.16. The van der Waals surface area contributed by atoms with E-state index < -0.39 is 0 Å². The average molecular weight is 309 g/mol. The molecule has 1 atom stereocenters. The first-order valence-corrected chi connectivity index (χ1v) is 8.53. The van der Waals surface area contributed by atoms with Crippen molar-refractivity contribution in [2.24, 2.45) is 5.92 Å². The Morgan fingerprint density at radius 3 is 2.13 bits per heavy atom. The number of non-ortho nitro benzene ring substituents is 1. The molecular formula is C20H23NO2. The summed E-state index contributed by atoms with van der Waals surface area (Å²) in [6.45, 7) is 0. The summed E-state index contributed by atoms with van der Waals surface area (Å²) >= 11 is 0. The third kappa shape index (κ3) is 3.98. The highest BCUT2D eigenvalue weighted by Crippen LogP contribution is 2.37. The first-order chi connectivity index (χ1) is 11.2. The Balaban J connectivity index is 1.86. The fourth-order valence-corrected chi connectivity index (χ4v) is 3.73. The zero-order valence-electron chi connectivity index (χ0n) is 13.4. The third-order valence-electron chi connectivity index (χ3n) is 5.00. The second kappa shape index (κ2) is 7.40. The minimum atomic E-state index is -0.331. The summed E-state index contributed by atoms with van der Waals surface area (Å²) in [7, 11) is 0. The second-order valence-corrected chi connectivity index (χ2v) is 6.55. The van der Waals surface area contributed by atoms with E-state index in [4.69, 9.17) is 0 Å². The van der Waals surface area contributed by atoms with Crippen molar-refractivity contribution in [1.82, 2.24) is 0 Å². The number of rotatable bonds is 5. The molecule has 0 radical (unpaired) electrons. The van der Waals surface area contributed by atoms with Gasteiger partial charge in [-0.3, -0.25) is 10.1 Å². The van der Waals surface area contributed by atoms with Gasteiger partial charge in [0.15, 0.2) is 0 Å². The van der Waals surface area contributed by atoms with Crippen molar-refractivity contribution in [2.45, 2.75) is 44.4 Å². The fourth-order valence-electron chi connectivity index (χ4n) is 3.73. The van der Waals surface area contributed by atoms with E-state index in [1.54, 1.807) is 12.1 Å². The topological polar surface area (TPSA) is 43.1 Å². The smallest absolute Gasteiger partial charge is 0.258 e. The number of nitrogens with zero attached hydrogens (tertiary/aromatic N) is 1. The van der Waals surface area contributed by atoms with Gasteiger partial charge in [0.25, 0.3) is 5.69 Å². The van der Waals surface area contributed by atoms with E-state index in [0.717, 1.165) is 12.3 Å². The van der Waals surface area contributed by atoms with Gasteiger partial charge in [-0.05, 0) is 23.5 Å². The average Bonchev–Trinajstić information content (AvgIpc) is 2.61. The molecule has 0 aliphatic heterocycles. The van der Waals surface area contributed by atoms with Crippen LogP contribution >= 0.6 is 0 Å². The van der Waals surface area contributed by atoms with Gasteiger partial charge < -0.3 is 0 Å². The van der Waals surface area contributed by atoms with Gasteiger partial charge in [-0.15, -0.1) is 0 Å². The lowest BCUT2D eigenvalue weighted by molar-refractivity contribution is -0.384. The van der Waals surface area contributed by atoms with Crippen LogP contribution in [0.25, 0.3) is 0 Å². The summed E-state index contributed by atoms with van der Waals surface area (Å²) in [6, 6.07) is 17.7. The fraction of sp³-hybridized carbons (Fsp3) is 0.400. The van der Waals surface area contributed by atoms with Crippen molar-refractivity contribution >= 4 is 5.69 Å². The highest BCUT2D eigenvalue weighted by Gasteiger charge is 2.22. The molecule has 0 saturated heterocycles. The van der Waals surface area contributed by atoms with Gasteiger partial charge in [0.05, 0.1) is 4.92 Å². The van der Waals surface area contributed by atoms with Crippen LogP contribution in [0.2, 0.25) is 0 Å². The zero-order valence-corrected chi connectivity index (χ0v) is 13.4. The summed E-state index contributed by atoms with van der Waals surface area (Å²) in [6.07, 6.45) is 7.82. The highest BCUT2D eigenvalue weighted by molar-refractivity contribution is 5.38. The third-order valence-corrected chi connectivity index (χ3v) is 5.00. The van der Waals surface area contributed by atoms with Crippen LogP contribution in [0.4, 0.5) is 5.69 Å². The Morgan fingerprint density at radius 1 is 0.913 bits per heavy atom. The van der Waals surface area contributed by atoms with Gasteiger partial charge in [-0.1, -0.05) is 74.6 Å². The van der Waals surface area contributed by atoms with E-state index in [2.05, 4.69) is 24.3 Å². The standard InChI is InChI=1S/C20H23NO2/c22-21(23)19-13-11-18(12-14-19)20(17-9-5-2-6-10-17)15-16-7-3-1-4-8-16/h2,5-6,9-14,16,20H,1,3-4,7-8,15H2. The molecule has 1 fully saturated rings. The van der Waals surface area contributed by atoms with Crippen molar-refractivity contribution in [3.05, 3.63) is 75.8 Å². The molecule has 0 N–H and O–H groups in total. The quantitative estimate of drug-likeness (QED) is 0.525. The summed E-state index contributed by atoms with van der Waals surface area (Å²) in [5.41, 5.74) is 2.66.